The van der Waals surface area contributed by atoms with Crippen molar-refractivity contribution in [1.82, 2.24) is 15.1 Å². The Balaban J connectivity index is 1.66. The normalized spacial score (nSPS) is 18.1. The summed E-state index contributed by atoms with van der Waals surface area (Å²) in [4.78, 5) is 27.6. The van der Waals surface area contributed by atoms with Gasteiger partial charge in [0, 0.05) is 30.6 Å². The number of nitrogens with one attached hydrogen (secondary N) is 1. The standard InChI is InChI=1S/C17H19BrN4O2S/c1-11-10-16(21(2)20-11)22-9-3-4-13(17(22)24)19-15(23)8-6-12-5-7-14(18)25-12/h5-8,10,13H,3-4,9H2,1-2H3,(H,19,23)/b8-6+. The highest BCUT2D eigenvalue weighted by Crippen LogP contribution is 2.23. The number of carbonyl (C=O) groups is 2. The van der Waals surface area contributed by atoms with E-state index in [1.165, 1.54) is 6.08 Å². The fourth-order valence-electron chi connectivity index (χ4n) is 2.88. The highest BCUT2D eigenvalue weighted by atomic mass is 79.9. The molecular formula is C17H19BrN4O2S. The van der Waals surface area contributed by atoms with Crippen LogP contribution in [0.2, 0.25) is 0 Å². The van der Waals surface area contributed by atoms with E-state index >= 15 is 0 Å². The summed E-state index contributed by atoms with van der Waals surface area (Å²) in [5.74, 6) is 0.418. The highest BCUT2D eigenvalue weighted by molar-refractivity contribution is 9.11. The summed E-state index contributed by atoms with van der Waals surface area (Å²) >= 11 is 4.93. The molecule has 0 aliphatic carbocycles. The van der Waals surface area contributed by atoms with Crippen molar-refractivity contribution in [2.75, 3.05) is 11.4 Å². The molecule has 2 aromatic heterocycles. The molecule has 1 saturated heterocycles. The third-order valence-corrected chi connectivity index (χ3v) is 5.59. The number of rotatable bonds is 4. The van der Waals surface area contributed by atoms with Crippen molar-refractivity contribution in [2.24, 2.45) is 7.05 Å². The highest BCUT2D eigenvalue weighted by Gasteiger charge is 2.31. The van der Waals surface area contributed by atoms with Gasteiger partial charge in [0.1, 0.15) is 11.9 Å². The molecule has 25 heavy (non-hydrogen) atoms. The average Bonchev–Trinajstić information content (AvgIpc) is 3.12. The Kier molecular flexibility index (Phi) is 5.39. The third-order valence-electron chi connectivity index (χ3n) is 4.00. The summed E-state index contributed by atoms with van der Waals surface area (Å²) in [5, 5.41) is 7.11. The quantitative estimate of drug-likeness (QED) is 0.770. The fourth-order valence-corrected chi connectivity index (χ4v) is 4.21. The van der Waals surface area contributed by atoms with E-state index in [1.54, 1.807) is 27.0 Å². The van der Waals surface area contributed by atoms with Crippen LogP contribution in [0.4, 0.5) is 5.82 Å². The molecule has 0 spiro atoms. The van der Waals surface area contributed by atoms with Crippen LogP contribution in [0.25, 0.3) is 6.08 Å². The van der Waals surface area contributed by atoms with Crippen molar-refractivity contribution in [1.29, 1.82) is 0 Å². The molecule has 1 N–H and O–H groups in total. The van der Waals surface area contributed by atoms with Crippen LogP contribution in [0.15, 0.2) is 28.1 Å². The lowest BCUT2D eigenvalue weighted by Gasteiger charge is -2.32. The maximum atomic E-state index is 12.7. The minimum absolute atomic E-state index is 0.0881. The van der Waals surface area contributed by atoms with E-state index < -0.39 is 6.04 Å². The molecule has 6 nitrogen and oxygen atoms in total. The second-order valence-corrected chi connectivity index (χ2v) is 8.43. The first kappa shape index (κ1) is 17.9. The van der Waals surface area contributed by atoms with Gasteiger partial charge >= 0.3 is 0 Å². The van der Waals surface area contributed by atoms with Crippen LogP contribution in [-0.2, 0) is 16.6 Å². The molecule has 3 heterocycles. The van der Waals surface area contributed by atoms with Crippen LogP contribution in [-0.4, -0.2) is 34.2 Å². The van der Waals surface area contributed by atoms with Gasteiger partial charge in [-0.05, 0) is 53.9 Å². The number of piperidine rings is 1. The van der Waals surface area contributed by atoms with Gasteiger partial charge in [-0.15, -0.1) is 11.3 Å². The molecule has 1 fully saturated rings. The molecule has 8 heteroatoms. The predicted octanol–water partition coefficient (Wildman–Crippen LogP) is 2.88. The largest absolute Gasteiger partial charge is 0.341 e. The number of carbonyl (C=O) groups excluding carboxylic acids is 2. The molecule has 132 valence electrons. The Morgan fingerprint density at radius 2 is 2.28 bits per heavy atom. The lowest BCUT2D eigenvalue weighted by atomic mass is 10.0. The van der Waals surface area contributed by atoms with E-state index in [4.69, 9.17) is 0 Å². The lowest BCUT2D eigenvalue weighted by molar-refractivity contribution is -0.126. The Morgan fingerprint density at radius 1 is 1.48 bits per heavy atom. The zero-order valence-electron chi connectivity index (χ0n) is 14.0. The van der Waals surface area contributed by atoms with Crippen molar-refractivity contribution in [3.05, 3.63) is 38.6 Å². The van der Waals surface area contributed by atoms with Crippen LogP contribution in [0.1, 0.15) is 23.4 Å². The minimum atomic E-state index is -0.504. The molecule has 0 radical (unpaired) electrons. The van der Waals surface area contributed by atoms with Crippen molar-refractivity contribution < 1.29 is 9.59 Å². The van der Waals surface area contributed by atoms with E-state index in [2.05, 4.69) is 26.3 Å². The van der Waals surface area contributed by atoms with Gasteiger partial charge in [-0.25, -0.2) is 0 Å². The molecular weight excluding hydrogens is 404 g/mol. The lowest BCUT2D eigenvalue weighted by Crippen LogP contribution is -2.52. The zero-order valence-corrected chi connectivity index (χ0v) is 16.4. The molecule has 1 aliphatic heterocycles. The summed E-state index contributed by atoms with van der Waals surface area (Å²) < 4.78 is 2.71. The maximum absolute atomic E-state index is 12.7. The zero-order chi connectivity index (χ0) is 18.0. The minimum Gasteiger partial charge on any atom is -0.341 e. The van der Waals surface area contributed by atoms with Crippen LogP contribution in [0.3, 0.4) is 0 Å². The third kappa shape index (κ3) is 4.19. The van der Waals surface area contributed by atoms with Crippen molar-refractivity contribution in [2.45, 2.75) is 25.8 Å². The summed E-state index contributed by atoms with van der Waals surface area (Å²) in [7, 11) is 1.82. The predicted molar refractivity (Wildman–Crippen MR) is 103 cm³/mol. The van der Waals surface area contributed by atoms with Crippen LogP contribution >= 0.6 is 27.3 Å². The average molecular weight is 423 g/mol. The Hall–Kier alpha value is -1.93. The summed E-state index contributed by atoms with van der Waals surface area (Å²) in [6.07, 6.45) is 4.71. The van der Waals surface area contributed by atoms with Gasteiger partial charge in [-0.3, -0.25) is 19.2 Å². The molecule has 0 bridgehead atoms. The number of thiophene rings is 1. The number of hydrogen-bond acceptors (Lipinski definition) is 4. The number of anilines is 1. The topological polar surface area (TPSA) is 67.2 Å². The Bertz CT molecular complexity index is 826. The van der Waals surface area contributed by atoms with Crippen LogP contribution in [0.5, 0.6) is 0 Å². The van der Waals surface area contributed by atoms with E-state index in [1.807, 2.05) is 32.2 Å². The first-order chi connectivity index (χ1) is 11.9. The number of hydrogen-bond donors (Lipinski definition) is 1. The molecule has 2 aromatic rings. The van der Waals surface area contributed by atoms with E-state index in [-0.39, 0.29) is 11.8 Å². The molecule has 1 aliphatic rings. The second kappa shape index (κ2) is 7.53. The number of halogens is 1. The number of nitrogens with zero attached hydrogens (tertiary/aromatic N) is 3. The van der Waals surface area contributed by atoms with Gasteiger partial charge in [-0.1, -0.05) is 0 Å². The number of aryl methyl sites for hydroxylation is 2. The van der Waals surface area contributed by atoms with Crippen molar-refractivity contribution in [3.8, 4) is 0 Å². The summed E-state index contributed by atoms with van der Waals surface area (Å²) in [6, 6.07) is 5.24. The van der Waals surface area contributed by atoms with Gasteiger partial charge in [0.25, 0.3) is 5.91 Å². The molecule has 0 saturated carbocycles. The second-order valence-electron chi connectivity index (χ2n) is 5.94. The number of amides is 2. The van der Waals surface area contributed by atoms with E-state index in [0.29, 0.717) is 13.0 Å². The summed E-state index contributed by atoms with van der Waals surface area (Å²) in [5.41, 5.74) is 0.863. The maximum Gasteiger partial charge on any atom is 0.250 e. The van der Waals surface area contributed by atoms with Gasteiger partial charge < -0.3 is 5.32 Å². The molecule has 2 amide bonds. The Morgan fingerprint density at radius 3 is 2.92 bits per heavy atom. The number of aromatic nitrogens is 2. The Labute approximate surface area is 158 Å². The first-order valence-electron chi connectivity index (χ1n) is 8.00. The molecule has 1 unspecified atom stereocenters. The van der Waals surface area contributed by atoms with Gasteiger partial charge in [0.05, 0.1) is 9.48 Å². The van der Waals surface area contributed by atoms with Crippen molar-refractivity contribution in [3.63, 3.8) is 0 Å². The molecule has 0 aromatic carbocycles. The van der Waals surface area contributed by atoms with Gasteiger partial charge in [-0.2, -0.15) is 5.10 Å². The first-order valence-corrected chi connectivity index (χ1v) is 9.61. The fraction of sp³-hybridized carbons (Fsp3) is 0.353. The van der Waals surface area contributed by atoms with E-state index in [9.17, 15) is 9.59 Å². The molecule has 1 atom stereocenters. The van der Waals surface area contributed by atoms with E-state index in [0.717, 1.165) is 26.6 Å². The van der Waals surface area contributed by atoms with Crippen LogP contribution in [0, 0.1) is 6.92 Å². The smallest absolute Gasteiger partial charge is 0.250 e. The van der Waals surface area contributed by atoms with Crippen molar-refractivity contribution >= 4 is 51.0 Å². The SMILES string of the molecule is Cc1cc(N2CCCC(NC(=O)/C=C/c3ccc(Br)s3)C2=O)n(C)n1. The van der Waals surface area contributed by atoms with Gasteiger partial charge in [0.15, 0.2) is 0 Å². The molecule has 3 rings (SSSR count). The summed E-state index contributed by atoms with van der Waals surface area (Å²) in [6.45, 7) is 2.54. The van der Waals surface area contributed by atoms with Gasteiger partial charge in [0.2, 0.25) is 5.91 Å². The monoisotopic (exact) mass is 422 g/mol. The van der Waals surface area contributed by atoms with Crippen LogP contribution < -0.4 is 10.2 Å².